The molecule has 11 rings (SSSR count). The van der Waals surface area contributed by atoms with Gasteiger partial charge in [-0.25, -0.2) is 0 Å². The molecule has 0 N–H and O–H groups in total. The van der Waals surface area contributed by atoms with Crippen molar-refractivity contribution in [2.75, 3.05) is 4.90 Å². The zero-order chi connectivity index (χ0) is 37.7. The normalized spacial score (nSPS) is 11.5. The molecule has 0 spiro atoms. The number of benzene rings is 9. The highest BCUT2D eigenvalue weighted by Crippen LogP contribution is 2.47. The number of hydrogen-bond donors (Lipinski definition) is 0. The average molecular weight is 730 g/mol. The smallest absolute Gasteiger partial charge is 0.160 e. The fraction of sp³-hybridized carbons (Fsp3) is 0. The summed E-state index contributed by atoms with van der Waals surface area (Å²) in [6, 6.07) is 75.1. The largest absolute Gasteiger partial charge is 0.456 e. The van der Waals surface area contributed by atoms with E-state index in [0.717, 1.165) is 105 Å². The molecule has 0 aliphatic rings. The minimum absolute atomic E-state index is 0.836. The van der Waals surface area contributed by atoms with Crippen molar-refractivity contribution in [3.63, 3.8) is 0 Å². The third kappa shape index (κ3) is 5.68. The summed E-state index contributed by atoms with van der Waals surface area (Å²) in [7, 11) is 0. The molecule has 11 aromatic rings. The Kier molecular flexibility index (Phi) is 7.82. The van der Waals surface area contributed by atoms with Crippen molar-refractivity contribution in [1.29, 1.82) is 0 Å². The molecular formula is C54H35NO2. The van der Waals surface area contributed by atoms with Crippen LogP contribution in [-0.2, 0) is 0 Å². The highest BCUT2D eigenvalue weighted by molar-refractivity contribution is 6.17. The van der Waals surface area contributed by atoms with Crippen molar-refractivity contribution < 1.29 is 8.83 Å². The van der Waals surface area contributed by atoms with Gasteiger partial charge in [0.2, 0.25) is 0 Å². The van der Waals surface area contributed by atoms with E-state index >= 15 is 0 Å². The molecule has 2 aromatic heterocycles. The minimum Gasteiger partial charge on any atom is -0.456 e. The Morgan fingerprint density at radius 2 is 0.807 bits per heavy atom. The SMILES string of the molecule is c1ccc(-c2cc(-c3ccccc3)cc(N(c3ccc(-c4cccc5oc6ccccc6c45)cc3)c3ccc(-c4ccccc4)c4c3oc3ccccc34)c2)cc1. The Hall–Kier alpha value is -7.62. The van der Waals surface area contributed by atoms with E-state index in [9.17, 15) is 0 Å². The molecular weight excluding hydrogens is 695 g/mol. The van der Waals surface area contributed by atoms with Crippen LogP contribution in [0.2, 0.25) is 0 Å². The van der Waals surface area contributed by atoms with E-state index in [1.807, 2.05) is 18.2 Å². The van der Waals surface area contributed by atoms with Crippen LogP contribution in [0.4, 0.5) is 17.1 Å². The lowest BCUT2D eigenvalue weighted by molar-refractivity contribution is 0.668. The van der Waals surface area contributed by atoms with Gasteiger partial charge in [0, 0.05) is 32.9 Å². The van der Waals surface area contributed by atoms with Gasteiger partial charge in [0.25, 0.3) is 0 Å². The molecule has 0 amide bonds. The second-order valence-electron chi connectivity index (χ2n) is 14.5. The fourth-order valence-electron chi connectivity index (χ4n) is 8.42. The summed E-state index contributed by atoms with van der Waals surface area (Å²) in [4.78, 5) is 2.36. The van der Waals surface area contributed by atoms with Gasteiger partial charge in [-0.05, 0) is 99.1 Å². The molecule has 0 fully saturated rings. The second-order valence-corrected chi connectivity index (χ2v) is 14.5. The van der Waals surface area contributed by atoms with E-state index in [1.165, 1.54) is 0 Å². The lowest BCUT2D eigenvalue weighted by Gasteiger charge is -2.27. The summed E-state index contributed by atoms with van der Waals surface area (Å²) in [6.07, 6.45) is 0. The highest BCUT2D eigenvalue weighted by atomic mass is 16.3. The molecule has 0 atom stereocenters. The van der Waals surface area contributed by atoms with Crippen LogP contribution in [0.3, 0.4) is 0 Å². The molecule has 0 radical (unpaired) electrons. The van der Waals surface area contributed by atoms with Crippen LogP contribution in [0.15, 0.2) is 221 Å². The fourth-order valence-corrected chi connectivity index (χ4v) is 8.42. The zero-order valence-electron chi connectivity index (χ0n) is 31.0. The van der Waals surface area contributed by atoms with Crippen LogP contribution in [0.5, 0.6) is 0 Å². The molecule has 268 valence electrons. The predicted molar refractivity (Wildman–Crippen MR) is 237 cm³/mol. The van der Waals surface area contributed by atoms with Crippen molar-refractivity contribution in [3.05, 3.63) is 212 Å². The number of fused-ring (bicyclic) bond motifs is 6. The van der Waals surface area contributed by atoms with Gasteiger partial charge in [-0.2, -0.15) is 0 Å². The molecule has 57 heavy (non-hydrogen) atoms. The minimum atomic E-state index is 0.836. The maximum Gasteiger partial charge on any atom is 0.160 e. The average Bonchev–Trinajstić information content (AvgIpc) is 3.87. The van der Waals surface area contributed by atoms with Crippen LogP contribution in [0.1, 0.15) is 0 Å². The topological polar surface area (TPSA) is 29.5 Å². The van der Waals surface area contributed by atoms with Gasteiger partial charge in [-0.15, -0.1) is 0 Å². The maximum absolute atomic E-state index is 6.92. The Morgan fingerprint density at radius 1 is 0.298 bits per heavy atom. The lowest BCUT2D eigenvalue weighted by atomic mass is 9.96. The Labute approximate surface area is 330 Å². The quantitative estimate of drug-likeness (QED) is 0.164. The first-order valence-corrected chi connectivity index (χ1v) is 19.3. The van der Waals surface area contributed by atoms with Gasteiger partial charge in [-0.3, -0.25) is 0 Å². The first-order valence-electron chi connectivity index (χ1n) is 19.3. The third-order valence-corrected chi connectivity index (χ3v) is 11.1. The summed E-state index contributed by atoms with van der Waals surface area (Å²) < 4.78 is 13.2. The van der Waals surface area contributed by atoms with Crippen molar-refractivity contribution >= 4 is 60.9 Å². The molecule has 0 bridgehead atoms. The number of hydrogen-bond acceptors (Lipinski definition) is 3. The van der Waals surface area contributed by atoms with Crippen molar-refractivity contribution in [3.8, 4) is 44.5 Å². The molecule has 0 aliphatic heterocycles. The van der Waals surface area contributed by atoms with E-state index in [0.29, 0.717) is 0 Å². The molecule has 3 nitrogen and oxygen atoms in total. The van der Waals surface area contributed by atoms with Crippen LogP contribution < -0.4 is 4.90 Å². The third-order valence-electron chi connectivity index (χ3n) is 11.1. The summed E-state index contributed by atoms with van der Waals surface area (Å²) in [5, 5.41) is 4.43. The molecule has 0 unspecified atom stereocenters. The van der Waals surface area contributed by atoms with Crippen LogP contribution in [0.25, 0.3) is 88.4 Å². The van der Waals surface area contributed by atoms with Gasteiger partial charge >= 0.3 is 0 Å². The van der Waals surface area contributed by atoms with E-state index in [1.54, 1.807) is 0 Å². The van der Waals surface area contributed by atoms with E-state index in [-0.39, 0.29) is 0 Å². The van der Waals surface area contributed by atoms with Crippen LogP contribution in [-0.4, -0.2) is 0 Å². The predicted octanol–water partition coefficient (Wildman–Crippen LogP) is 15.6. The van der Waals surface area contributed by atoms with Gasteiger partial charge in [-0.1, -0.05) is 158 Å². The molecule has 0 aliphatic carbocycles. The summed E-state index contributed by atoms with van der Waals surface area (Å²) >= 11 is 0. The monoisotopic (exact) mass is 729 g/mol. The first kappa shape index (κ1) is 32.8. The standard InChI is InChI=1S/C54H35NO2/c1-4-15-36(16-5-1)40-33-41(37-17-6-2-7-18-37)35-43(34-40)55(42-29-27-39(28-30-42)44-23-14-26-51-52(44)46-21-10-12-24-49(46)56-51)48-32-31-45(38-19-8-3-9-20-38)53-47-22-11-13-25-50(47)57-54(48)53/h1-35H. The molecule has 2 heterocycles. The number of rotatable bonds is 7. The van der Waals surface area contributed by atoms with Gasteiger partial charge in [0.15, 0.2) is 5.58 Å². The highest BCUT2D eigenvalue weighted by Gasteiger charge is 2.23. The van der Waals surface area contributed by atoms with Crippen molar-refractivity contribution in [2.45, 2.75) is 0 Å². The Balaban J connectivity index is 1.17. The molecule has 0 saturated heterocycles. The van der Waals surface area contributed by atoms with Crippen LogP contribution >= 0.6 is 0 Å². The van der Waals surface area contributed by atoms with Gasteiger partial charge in [0.1, 0.15) is 16.7 Å². The number of nitrogens with zero attached hydrogens (tertiary/aromatic N) is 1. The van der Waals surface area contributed by atoms with E-state index < -0.39 is 0 Å². The van der Waals surface area contributed by atoms with E-state index in [4.69, 9.17) is 8.83 Å². The van der Waals surface area contributed by atoms with Gasteiger partial charge < -0.3 is 13.7 Å². The van der Waals surface area contributed by atoms with E-state index in [2.05, 4.69) is 199 Å². The summed E-state index contributed by atoms with van der Waals surface area (Å²) in [5.74, 6) is 0. The molecule has 9 aromatic carbocycles. The number of furan rings is 2. The Bertz CT molecular complexity index is 3160. The number of anilines is 3. The van der Waals surface area contributed by atoms with Gasteiger partial charge in [0.05, 0.1) is 5.69 Å². The van der Waals surface area contributed by atoms with Crippen molar-refractivity contribution in [1.82, 2.24) is 0 Å². The lowest BCUT2D eigenvalue weighted by Crippen LogP contribution is -2.11. The zero-order valence-corrected chi connectivity index (χ0v) is 31.0. The van der Waals surface area contributed by atoms with Crippen molar-refractivity contribution in [2.24, 2.45) is 0 Å². The molecule has 3 heteroatoms. The summed E-state index contributed by atoms with van der Waals surface area (Å²) in [6.45, 7) is 0. The Morgan fingerprint density at radius 3 is 1.46 bits per heavy atom. The maximum atomic E-state index is 6.92. The van der Waals surface area contributed by atoms with Crippen LogP contribution in [0, 0.1) is 0 Å². The molecule has 0 saturated carbocycles. The second kappa shape index (κ2) is 13.6. The number of para-hydroxylation sites is 2. The first-order chi connectivity index (χ1) is 28.3. The summed E-state index contributed by atoms with van der Waals surface area (Å²) in [5.41, 5.74) is 15.6.